The molecule has 0 saturated carbocycles. The molecule has 0 amide bonds. The van der Waals surface area contributed by atoms with E-state index in [1.54, 1.807) is 10.9 Å². The Labute approximate surface area is 89.3 Å². The van der Waals surface area contributed by atoms with E-state index >= 15 is 0 Å². The van der Waals surface area contributed by atoms with Crippen molar-refractivity contribution >= 4 is 0 Å². The van der Waals surface area contributed by atoms with Crippen LogP contribution in [0.25, 0.3) is 0 Å². The van der Waals surface area contributed by atoms with Crippen LogP contribution in [-0.2, 0) is 7.05 Å². The molecule has 0 spiro atoms. The smallest absolute Gasteiger partial charge is 0.217 e. The lowest BCUT2D eigenvalue weighted by molar-refractivity contribution is 0.427. The molecule has 78 valence electrons. The maximum absolute atomic E-state index is 5.76. The van der Waals surface area contributed by atoms with Gasteiger partial charge in [0.2, 0.25) is 5.88 Å². The minimum absolute atomic E-state index is 0.753. The lowest BCUT2D eigenvalue weighted by Crippen LogP contribution is -1.96. The van der Waals surface area contributed by atoms with Crippen LogP contribution in [0.4, 0.5) is 0 Å². The van der Waals surface area contributed by atoms with Crippen LogP contribution in [0.5, 0.6) is 11.6 Å². The molecule has 0 bridgehead atoms. The molecule has 0 fully saturated rings. The van der Waals surface area contributed by atoms with Crippen molar-refractivity contribution in [1.82, 2.24) is 9.78 Å². The van der Waals surface area contributed by atoms with Gasteiger partial charge < -0.3 is 4.74 Å². The Bertz CT molecular complexity index is 474. The van der Waals surface area contributed by atoms with Gasteiger partial charge in [-0.05, 0) is 31.0 Å². The number of hydrogen-bond acceptors (Lipinski definition) is 2. The third kappa shape index (κ3) is 2.01. The maximum atomic E-state index is 5.76. The van der Waals surface area contributed by atoms with E-state index in [0.717, 1.165) is 17.2 Å². The highest BCUT2D eigenvalue weighted by Gasteiger charge is 2.04. The number of hydrogen-bond donors (Lipinski definition) is 0. The summed E-state index contributed by atoms with van der Waals surface area (Å²) in [6, 6.07) is 8.01. The molecule has 0 saturated heterocycles. The molecule has 2 aromatic rings. The van der Waals surface area contributed by atoms with Crippen LogP contribution < -0.4 is 4.74 Å². The third-order valence-corrected chi connectivity index (χ3v) is 2.33. The minimum atomic E-state index is 0.753. The van der Waals surface area contributed by atoms with Gasteiger partial charge >= 0.3 is 0 Å². The number of aromatic nitrogens is 2. The van der Waals surface area contributed by atoms with E-state index in [2.05, 4.69) is 24.2 Å². The Balaban J connectivity index is 2.32. The molecule has 0 aliphatic heterocycles. The molecule has 0 aliphatic carbocycles. The van der Waals surface area contributed by atoms with Gasteiger partial charge in [-0.25, -0.2) is 4.68 Å². The second-order valence-corrected chi connectivity index (χ2v) is 3.66. The zero-order chi connectivity index (χ0) is 10.8. The largest absolute Gasteiger partial charge is 0.439 e. The highest BCUT2D eigenvalue weighted by Crippen LogP contribution is 2.25. The van der Waals surface area contributed by atoms with E-state index in [0.29, 0.717) is 0 Å². The minimum Gasteiger partial charge on any atom is -0.439 e. The average molecular weight is 202 g/mol. The molecule has 0 atom stereocenters. The van der Waals surface area contributed by atoms with E-state index < -0.39 is 0 Å². The van der Waals surface area contributed by atoms with Gasteiger partial charge in [-0.1, -0.05) is 12.1 Å². The summed E-state index contributed by atoms with van der Waals surface area (Å²) in [5.74, 6) is 1.64. The number of ether oxygens (including phenoxy) is 1. The standard InChI is InChI=1S/C12H14N2O/c1-9-4-5-10(2)11(8-9)15-12-6-7-13-14(12)3/h4-8H,1-3H3. The number of aryl methyl sites for hydroxylation is 3. The van der Waals surface area contributed by atoms with Crippen molar-refractivity contribution in [1.29, 1.82) is 0 Å². The first-order valence-electron chi connectivity index (χ1n) is 4.90. The Kier molecular flexibility index (Phi) is 2.46. The van der Waals surface area contributed by atoms with E-state index in [-0.39, 0.29) is 0 Å². The van der Waals surface area contributed by atoms with Crippen molar-refractivity contribution < 1.29 is 4.74 Å². The van der Waals surface area contributed by atoms with Crippen LogP contribution >= 0.6 is 0 Å². The van der Waals surface area contributed by atoms with E-state index in [1.165, 1.54) is 5.56 Å². The summed E-state index contributed by atoms with van der Waals surface area (Å²) in [6.07, 6.45) is 1.72. The van der Waals surface area contributed by atoms with Gasteiger partial charge in [-0.3, -0.25) is 0 Å². The fourth-order valence-electron chi connectivity index (χ4n) is 1.39. The van der Waals surface area contributed by atoms with Gasteiger partial charge in [0.1, 0.15) is 5.75 Å². The molecule has 1 aromatic heterocycles. The highest BCUT2D eigenvalue weighted by molar-refractivity contribution is 5.38. The Morgan fingerprint density at radius 2 is 2.00 bits per heavy atom. The molecule has 0 aliphatic rings. The number of benzene rings is 1. The molecular weight excluding hydrogens is 188 g/mol. The van der Waals surface area contributed by atoms with Gasteiger partial charge in [0.25, 0.3) is 0 Å². The molecule has 3 heteroatoms. The monoisotopic (exact) mass is 202 g/mol. The number of rotatable bonds is 2. The first-order valence-corrected chi connectivity index (χ1v) is 4.90. The molecule has 1 aromatic carbocycles. The fraction of sp³-hybridized carbons (Fsp3) is 0.250. The van der Waals surface area contributed by atoms with Crippen molar-refractivity contribution in [2.75, 3.05) is 0 Å². The van der Waals surface area contributed by atoms with Gasteiger partial charge in [0.15, 0.2) is 0 Å². The lowest BCUT2D eigenvalue weighted by Gasteiger charge is -2.08. The summed E-state index contributed by atoms with van der Waals surface area (Å²) in [4.78, 5) is 0. The summed E-state index contributed by atoms with van der Waals surface area (Å²) in [7, 11) is 1.86. The van der Waals surface area contributed by atoms with Crippen molar-refractivity contribution in [3.05, 3.63) is 41.6 Å². The second-order valence-electron chi connectivity index (χ2n) is 3.66. The lowest BCUT2D eigenvalue weighted by atomic mass is 10.1. The maximum Gasteiger partial charge on any atom is 0.217 e. The Morgan fingerprint density at radius 1 is 1.20 bits per heavy atom. The topological polar surface area (TPSA) is 27.1 Å². The van der Waals surface area contributed by atoms with Gasteiger partial charge in [-0.2, -0.15) is 5.10 Å². The summed E-state index contributed by atoms with van der Waals surface area (Å²) in [5, 5.41) is 4.06. The summed E-state index contributed by atoms with van der Waals surface area (Å²) >= 11 is 0. The van der Waals surface area contributed by atoms with E-state index in [4.69, 9.17) is 4.74 Å². The van der Waals surface area contributed by atoms with E-state index in [1.807, 2.05) is 26.1 Å². The molecule has 15 heavy (non-hydrogen) atoms. The molecule has 0 N–H and O–H groups in total. The van der Waals surface area contributed by atoms with Crippen molar-refractivity contribution in [2.24, 2.45) is 7.05 Å². The summed E-state index contributed by atoms with van der Waals surface area (Å²) in [5.41, 5.74) is 2.32. The molecule has 2 rings (SSSR count). The number of nitrogens with zero attached hydrogens (tertiary/aromatic N) is 2. The molecular formula is C12H14N2O. The van der Waals surface area contributed by atoms with Crippen molar-refractivity contribution in [3.63, 3.8) is 0 Å². The van der Waals surface area contributed by atoms with Crippen molar-refractivity contribution in [2.45, 2.75) is 13.8 Å². The van der Waals surface area contributed by atoms with Gasteiger partial charge in [0, 0.05) is 13.1 Å². The van der Waals surface area contributed by atoms with Crippen LogP contribution in [0.1, 0.15) is 11.1 Å². The van der Waals surface area contributed by atoms with Gasteiger partial charge in [0.05, 0.1) is 6.20 Å². The Hall–Kier alpha value is -1.77. The van der Waals surface area contributed by atoms with Crippen LogP contribution in [0.15, 0.2) is 30.5 Å². The Morgan fingerprint density at radius 3 is 2.67 bits per heavy atom. The SMILES string of the molecule is Cc1ccc(C)c(Oc2ccnn2C)c1. The quantitative estimate of drug-likeness (QED) is 0.748. The zero-order valence-corrected chi connectivity index (χ0v) is 9.19. The van der Waals surface area contributed by atoms with Crippen LogP contribution in [0.3, 0.4) is 0 Å². The predicted molar refractivity (Wildman–Crippen MR) is 59.2 cm³/mol. The fourth-order valence-corrected chi connectivity index (χ4v) is 1.39. The molecule has 1 heterocycles. The van der Waals surface area contributed by atoms with Crippen LogP contribution in [0, 0.1) is 13.8 Å². The van der Waals surface area contributed by atoms with Crippen LogP contribution in [-0.4, -0.2) is 9.78 Å². The predicted octanol–water partition coefficient (Wildman–Crippen LogP) is 2.83. The van der Waals surface area contributed by atoms with Crippen molar-refractivity contribution in [3.8, 4) is 11.6 Å². The molecule has 0 unspecified atom stereocenters. The average Bonchev–Trinajstić information content (AvgIpc) is 2.58. The first kappa shape index (κ1) is 9.77. The molecule has 3 nitrogen and oxygen atoms in total. The van der Waals surface area contributed by atoms with E-state index in [9.17, 15) is 0 Å². The molecule has 0 radical (unpaired) electrons. The summed E-state index contributed by atoms with van der Waals surface area (Å²) in [6.45, 7) is 4.08. The normalized spacial score (nSPS) is 10.3. The van der Waals surface area contributed by atoms with Gasteiger partial charge in [-0.15, -0.1) is 0 Å². The summed E-state index contributed by atoms with van der Waals surface area (Å²) < 4.78 is 7.47. The zero-order valence-electron chi connectivity index (χ0n) is 9.19. The third-order valence-electron chi connectivity index (χ3n) is 2.33. The highest BCUT2D eigenvalue weighted by atomic mass is 16.5. The second kappa shape index (κ2) is 3.77. The van der Waals surface area contributed by atoms with Crippen LogP contribution in [0.2, 0.25) is 0 Å². The first-order chi connectivity index (χ1) is 7.16.